The van der Waals surface area contributed by atoms with Crippen LogP contribution in [0.4, 0.5) is 0 Å². The first kappa shape index (κ1) is 28.1. The van der Waals surface area contributed by atoms with E-state index in [0.29, 0.717) is 33.0 Å². The van der Waals surface area contributed by atoms with Crippen LogP contribution in [0, 0.1) is 6.92 Å². The van der Waals surface area contributed by atoms with E-state index in [2.05, 4.69) is 116 Å². The Hall–Kier alpha value is -4.68. The minimum atomic E-state index is 0.426. The third kappa shape index (κ3) is 4.36. The molecule has 0 heterocycles. The van der Waals surface area contributed by atoms with E-state index in [4.69, 9.17) is 31.4 Å². The standard InChI is InChI=1S/C40H26B4/c1-3-11-24-20-21-26(22-23(24)2)33-37(41)39(43)36(40(44)38(33)42)35-31-17-8-6-15-29(31)34(30-16-7-9-18-32(30)35)28-19-10-13-25-12-4-5-14-27(25)28/h3-22H,1-2H3/b11-3-. The molecule has 198 valence electrons. The van der Waals surface area contributed by atoms with Gasteiger partial charge in [0.2, 0.25) is 0 Å². The molecule has 7 aromatic carbocycles. The van der Waals surface area contributed by atoms with Crippen molar-refractivity contribution in [3.05, 3.63) is 126 Å². The van der Waals surface area contributed by atoms with Crippen LogP contribution in [0.5, 0.6) is 0 Å². The Kier molecular flexibility index (Phi) is 7.10. The van der Waals surface area contributed by atoms with Crippen LogP contribution in [0.25, 0.3) is 71.8 Å². The fourth-order valence-corrected chi connectivity index (χ4v) is 6.74. The first-order valence-corrected chi connectivity index (χ1v) is 14.8. The SMILES string of the molecule is [B]c1c([B])c(-c2c3ccccc3c(-c3cccc4ccccc34)c3ccccc23)c([B])c([B])c1-c1ccc(/C=C\C)c(C)c1. The molecule has 7 aromatic rings. The summed E-state index contributed by atoms with van der Waals surface area (Å²) in [5, 5.41) is 6.67. The van der Waals surface area contributed by atoms with Crippen LogP contribution in [0.15, 0.2) is 115 Å². The van der Waals surface area contributed by atoms with Crippen LogP contribution >= 0.6 is 0 Å². The van der Waals surface area contributed by atoms with Gasteiger partial charge in [-0.15, -0.1) is 0 Å². The highest BCUT2D eigenvalue weighted by molar-refractivity contribution is 6.63. The smallest absolute Gasteiger partial charge is 0.0959 e. The molecule has 0 saturated carbocycles. The lowest BCUT2D eigenvalue weighted by molar-refractivity contribution is 1.44. The number of benzene rings is 7. The van der Waals surface area contributed by atoms with Gasteiger partial charge in [-0.25, -0.2) is 0 Å². The van der Waals surface area contributed by atoms with Crippen LogP contribution in [-0.2, 0) is 0 Å². The summed E-state index contributed by atoms with van der Waals surface area (Å²) in [6.07, 6.45) is 4.10. The number of aryl methyl sites for hydroxylation is 1. The second-order valence-corrected chi connectivity index (χ2v) is 11.3. The molecule has 0 unspecified atom stereocenters. The van der Waals surface area contributed by atoms with Crippen LogP contribution in [-0.4, -0.2) is 31.4 Å². The molecule has 8 radical (unpaired) electrons. The fourth-order valence-electron chi connectivity index (χ4n) is 6.74. The van der Waals surface area contributed by atoms with E-state index in [0.717, 1.165) is 43.8 Å². The van der Waals surface area contributed by atoms with E-state index < -0.39 is 0 Å². The molecule has 7 rings (SSSR count). The van der Waals surface area contributed by atoms with Crippen molar-refractivity contribution < 1.29 is 0 Å². The Balaban J connectivity index is 1.57. The maximum absolute atomic E-state index is 6.97. The Morgan fingerprint density at radius 1 is 0.477 bits per heavy atom. The quantitative estimate of drug-likeness (QED) is 0.170. The predicted molar refractivity (Wildman–Crippen MR) is 196 cm³/mol. The Morgan fingerprint density at radius 3 is 1.55 bits per heavy atom. The van der Waals surface area contributed by atoms with E-state index in [1.807, 2.05) is 19.1 Å². The lowest BCUT2D eigenvalue weighted by Gasteiger charge is -2.26. The molecule has 0 aliphatic rings. The highest BCUT2D eigenvalue weighted by atomic mass is 14.2. The summed E-state index contributed by atoms with van der Waals surface area (Å²) >= 11 is 0. The van der Waals surface area contributed by atoms with Gasteiger partial charge in [0.15, 0.2) is 0 Å². The Labute approximate surface area is 264 Å². The molecule has 0 atom stereocenters. The normalized spacial score (nSPS) is 11.7. The number of hydrogen-bond acceptors (Lipinski definition) is 0. The van der Waals surface area contributed by atoms with Gasteiger partial charge < -0.3 is 0 Å². The molecule has 0 aliphatic carbocycles. The molecule has 0 bridgehead atoms. The van der Waals surface area contributed by atoms with Gasteiger partial charge in [0.25, 0.3) is 0 Å². The molecular formula is C40H26B4. The Bertz CT molecular complexity index is 2200. The van der Waals surface area contributed by atoms with E-state index in [1.165, 1.54) is 21.9 Å². The average molecular weight is 550 g/mol. The lowest BCUT2D eigenvalue weighted by Crippen LogP contribution is -2.44. The third-order valence-corrected chi connectivity index (χ3v) is 8.80. The summed E-state index contributed by atoms with van der Waals surface area (Å²) in [6.45, 7) is 4.08. The van der Waals surface area contributed by atoms with Gasteiger partial charge in [-0.3, -0.25) is 0 Å². The van der Waals surface area contributed by atoms with Gasteiger partial charge in [0.1, 0.15) is 31.4 Å². The van der Waals surface area contributed by atoms with Crippen molar-refractivity contribution >= 4 is 91.6 Å². The van der Waals surface area contributed by atoms with Gasteiger partial charge >= 0.3 is 0 Å². The molecule has 4 heteroatoms. The van der Waals surface area contributed by atoms with Crippen molar-refractivity contribution in [3.8, 4) is 33.4 Å². The maximum Gasteiger partial charge on any atom is 0.113 e. The van der Waals surface area contributed by atoms with Gasteiger partial charge in [-0.2, -0.15) is 0 Å². The van der Waals surface area contributed by atoms with Crippen molar-refractivity contribution in [1.29, 1.82) is 0 Å². The van der Waals surface area contributed by atoms with Crippen molar-refractivity contribution in [3.63, 3.8) is 0 Å². The van der Waals surface area contributed by atoms with Gasteiger partial charge in [-0.1, -0.05) is 143 Å². The molecule has 0 aromatic heterocycles. The molecule has 0 spiro atoms. The molecule has 0 N–H and O–H groups in total. The number of fused-ring (bicyclic) bond motifs is 3. The molecular weight excluding hydrogens is 524 g/mol. The van der Waals surface area contributed by atoms with Crippen LogP contribution in [0.3, 0.4) is 0 Å². The van der Waals surface area contributed by atoms with Gasteiger partial charge in [0, 0.05) is 0 Å². The second-order valence-electron chi connectivity index (χ2n) is 11.3. The summed E-state index contributed by atoms with van der Waals surface area (Å²) in [5.41, 5.74) is 9.45. The average Bonchev–Trinajstić information content (AvgIpc) is 3.05. The van der Waals surface area contributed by atoms with Crippen molar-refractivity contribution in [2.75, 3.05) is 0 Å². The number of rotatable bonds is 4. The zero-order valence-electron chi connectivity index (χ0n) is 24.9. The van der Waals surface area contributed by atoms with Gasteiger partial charge in [0.05, 0.1) is 0 Å². The Morgan fingerprint density at radius 2 is 0.977 bits per heavy atom. The second kappa shape index (κ2) is 11.1. The number of hydrogen-bond donors (Lipinski definition) is 0. The largest absolute Gasteiger partial charge is 0.113 e. The van der Waals surface area contributed by atoms with E-state index >= 15 is 0 Å². The first-order valence-electron chi connectivity index (χ1n) is 14.8. The minimum absolute atomic E-state index is 0.426. The van der Waals surface area contributed by atoms with Crippen LogP contribution < -0.4 is 21.9 Å². The summed E-state index contributed by atoms with van der Waals surface area (Å²) < 4.78 is 0. The maximum atomic E-state index is 6.97. The highest BCUT2D eigenvalue weighted by Crippen LogP contribution is 2.44. The van der Waals surface area contributed by atoms with E-state index in [-0.39, 0.29) is 0 Å². The zero-order valence-corrected chi connectivity index (χ0v) is 24.9. The van der Waals surface area contributed by atoms with Crippen molar-refractivity contribution in [2.45, 2.75) is 13.8 Å². The molecule has 44 heavy (non-hydrogen) atoms. The van der Waals surface area contributed by atoms with E-state index in [9.17, 15) is 0 Å². The zero-order chi connectivity index (χ0) is 30.5. The fraction of sp³-hybridized carbons (Fsp3) is 0.0500. The lowest BCUT2D eigenvalue weighted by atomic mass is 9.61. The molecule has 0 saturated heterocycles. The van der Waals surface area contributed by atoms with Crippen molar-refractivity contribution in [2.24, 2.45) is 0 Å². The van der Waals surface area contributed by atoms with Crippen molar-refractivity contribution in [1.82, 2.24) is 0 Å². The molecule has 0 amide bonds. The van der Waals surface area contributed by atoms with Crippen LogP contribution in [0.2, 0.25) is 0 Å². The van der Waals surface area contributed by atoms with Gasteiger partial charge in [-0.05, 0) is 90.7 Å². The summed E-state index contributed by atoms with van der Waals surface area (Å²) in [7, 11) is 27.7. The predicted octanol–water partition coefficient (Wildman–Crippen LogP) is 6.66. The summed E-state index contributed by atoms with van der Waals surface area (Å²) in [4.78, 5) is 0. The summed E-state index contributed by atoms with van der Waals surface area (Å²) in [5.74, 6) is 0. The molecule has 0 fully saturated rings. The molecule has 0 aliphatic heterocycles. The topological polar surface area (TPSA) is 0 Å². The molecule has 0 nitrogen and oxygen atoms in total. The monoisotopic (exact) mass is 550 g/mol. The third-order valence-electron chi connectivity index (χ3n) is 8.80. The highest BCUT2D eigenvalue weighted by Gasteiger charge is 2.22. The minimum Gasteiger partial charge on any atom is -0.0959 e. The van der Waals surface area contributed by atoms with Crippen LogP contribution in [0.1, 0.15) is 18.1 Å². The summed E-state index contributed by atoms with van der Waals surface area (Å²) in [6, 6.07) is 38.0. The first-order chi connectivity index (χ1) is 21.4. The number of allylic oxidation sites excluding steroid dienone is 1. The van der Waals surface area contributed by atoms with E-state index in [1.54, 1.807) is 0 Å².